The molecular weight excluding hydrogens is 453 g/mol. The van der Waals surface area contributed by atoms with Gasteiger partial charge in [-0.3, -0.25) is 4.79 Å². The van der Waals surface area contributed by atoms with Crippen molar-refractivity contribution in [3.05, 3.63) is 94.0 Å². The monoisotopic (exact) mass is 467 g/mol. The summed E-state index contributed by atoms with van der Waals surface area (Å²) in [5.41, 5.74) is 3.65. The number of benzene rings is 3. The zero-order chi connectivity index (χ0) is 20.2. The predicted molar refractivity (Wildman–Crippen MR) is 119 cm³/mol. The molecule has 0 bridgehead atoms. The summed E-state index contributed by atoms with van der Waals surface area (Å²) in [6.07, 6.45) is 0. The summed E-state index contributed by atoms with van der Waals surface area (Å²) in [6.45, 7) is 0. The number of hydrogen-bond acceptors (Lipinski definition) is 4. The van der Waals surface area contributed by atoms with Gasteiger partial charge < -0.3 is 10.6 Å². The van der Waals surface area contributed by atoms with Gasteiger partial charge in [0.2, 0.25) is 0 Å². The second-order valence-electron chi connectivity index (χ2n) is 6.18. The van der Waals surface area contributed by atoms with Gasteiger partial charge in [-0.05, 0) is 58.4 Å². The smallest absolute Gasteiger partial charge is 0.256 e. The molecule has 2 N–H and O–H groups in total. The molecule has 0 aliphatic heterocycles. The molecule has 144 valence electrons. The number of nitrogens with one attached hydrogen (secondary N) is 2. The maximum atomic E-state index is 13.3. The lowest BCUT2D eigenvalue weighted by molar-refractivity contribution is 0.102. The lowest BCUT2D eigenvalue weighted by Crippen LogP contribution is -2.12. The molecule has 0 spiro atoms. The van der Waals surface area contributed by atoms with Crippen molar-refractivity contribution in [1.82, 2.24) is 4.98 Å². The highest BCUT2D eigenvalue weighted by Gasteiger charge is 2.10. The first-order valence-corrected chi connectivity index (χ1v) is 10.4. The van der Waals surface area contributed by atoms with E-state index in [0.717, 1.165) is 15.7 Å². The first kappa shape index (κ1) is 19.3. The first-order valence-electron chi connectivity index (χ1n) is 8.73. The molecular formula is C22H15BrFN3OS. The van der Waals surface area contributed by atoms with Gasteiger partial charge in [-0.15, -0.1) is 11.3 Å². The molecule has 1 heterocycles. The van der Waals surface area contributed by atoms with E-state index in [4.69, 9.17) is 0 Å². The quantitative estimate of drug-likeness (QED) is 0.343. The van der Waals surface area contributed by atoms with Crippen molar-refractivity contribution < 1.29 is 9.18 Å². The van der Waals surface area contributed by atoms with Crippen LogP contribution < -0.4 is 10.6 Å². The van der Waals surface area contributed by atoms with Crippen LogP contribution in [0.25, 0.3) is 11.3 Å². The van der Waals surface area contributed by atoms with E-state index in [-0.39, 0.29) is 11.7 Å². The Bertz CT molecular complexity index is 1160. The van der Waals surface area contributed by atoms with Gasteiger partial charge in [0.15, 0.2) is 5.13 Å². The number of halogens is 2. The van der Waals surface area contributed by atoms with Crippen LogP contribution in [0.4, 0.5) is 20.9 Å². The highest BCUT2D eigenvalue weighted by molar-refractivity contribution is 9.10. The molecule has 0 aliphatic carbocycles. The number of hydrogen-bond donors (Lipinski definition) is 2. The number of amides is 1. The van der Waals surface area contributed by atoms with Crippen LogP contribution in [0.2, 0.25) is 0 Å². The highest BCUT2D eigenvalue weighted by atomic mass is 79.9. The normalized spacial score (nSPS) is 10.6. The third kappa shape index (κ3) is 4.70. The van der Waals surface area contributed by atoms with E-state index in [9.17, 15) is 9.18 Å². The van der Waals surface area contributed by atoms with E-state index in [2.05, 4.69) is 31.5 Å². The summed E-state index contributed by atoms with van der Waals surface area (Å²) >= 11 is 4.83. The summed E-state index contributed by atoms with van der Waals surface area (Å²) in [4.78, 5) is 17.0. The zero-order valence-corrected chi connectivity index (χ0v) is 17.4. The van der Waals surface area contributed by atoms with Gasteiger partial charge >= 0.3 is 0 Å². The van der Waals surface area contributed by atoms with Gasteiger partial charge in [-0.2, -0.15) is 0 Å². The van der Waals surface area contributed by atoms with Crippen molar-refractivity contribution in [2.45, 2.75) is 0 Å². The topological polar surface area (TPSA) is 54.0 Å². The van der Waals surface area contributed by atoms with Crippen LogP contribution in [0, 0.1) is 5.82 Å². The van der Waals surface area contributed by atoms with Gasteiger partial charge in [-0.25, -0.2) is 9.37 Å². The number of carbonyl (C=O) groups is 1. The van der Waals surface area contributed by atoms with E-state index in [1.807, 2.05) is 47.8 Å². The minimum Gasteiger partial charge on any atom is -0.331 e. The Kier molecular flexibility index (Phi) is 5.69. The fourth-order valence-corrected chi connectivity index (χ4v) is 3.93. The number of carbonyl (C=O) groups excluding carboxylic acids is 1. The van der Waals surface area contributed by atoms with Crippen LogP contribution in [-0.2, 0) is 0 Å². The van der Waals surface area contributed by atoms with Crippen LogP contribution in [0.15, 0.2) is 82.6 Å². The van der Waals surface area contributed by atoms with Crippen LogP contribution >= 0.6 is 27.3 Å². The fourth-order valence-electron chi connectivity index (χ4n) is 2.72. The maximum absolute atomic E-state index is 13.3. The summed E-state index contributed by atoms with van der Waals surface area (Å²) in [5.74, 6) is -0.479. The average molecular weight is 468 g/mol. The minimum atomic E-state index is -0.299. The first-order chi connectivity index (χ1) is 14.1. The van der Waals surface area contributed by atoms with Crippen molar-refractivity contribution in [2.75, 3.05) is 10.6 Å². The van der Waals surface area contributed by atoms with Gasteiger partial charge in [0.25, 0.3) is 5.91 Å². The van der Waals surface area contributed by atoms with Crippen molar-refractivity contribution in [3.63, 3.8) is 0 Å². The second kappa shape index (κ2) is 8.55. The Labute approximate surface area is 179 Å². The number of anilines is 3. The van der Waals surface area contributed by atoms with E-state index < -0.39 is 0 Å². The molecule has 4 nitrogen and oxygen atoms in total. The standard InChI is InChI=1S/C22H15BrFN3OS/c23-19-7-2-1-6-18(19)21(28)25-16-10-8-14(9-11-16)20-13-29-22(27-20)26-17-5-3-4-15(24)12-17/h1-13H,(H,25,28)(H,26,27). The summed E-state index contributed by atoms with van der Waals surface area (Å²) < 4.78 is 14.1. The maximum Gasteiger partial charge on any atom is 0.256 e. The van der Waals surface area contributed by atoms with E-state index in [1.165, 1.54) is 23.5 Å². The van der Waals surface area contributed by atoms with Crippen LogP contribution in [0.3, 0.4) is 0 Å². The molecule has 1 aromatic heterocycles. The molecule has 0 unspecified atom stereocenters. The lowest BCUT2D eigenvalue weighted by atomic mass is 10.1. The van der Waals surface area contributed by atoms with Gasteiger partial charge in [0.1, 0.15) is 5.82 Å². The minimum absolute atomic E-state index is 0.180. The molecule has 0 atom stereocenters. The molecule has 4 rings (SSSR count). The van der Waals surface area contributed by atoms with Crippen LogP contribution in [0.1, 0.15) is 10.4 Å². The van der Waals surface area contributed by atoms with Gasteiger partial charge in [0.05, 0.1) is 11.3 Å². The molecule has 0 radical (unpaired) electrons. The number of nitrogens with zero attached hydrogens (tertiary/aromatic N) is 1. The van der Waals surface area contributed by atoms with Gasteiger partial charge in [0, 0.05) is 26.8 Å². The third-order valence-electron chi connectivity index (χ3n) is 4.14. The number of thiazole rings is 1. The van der Waals surface area contributed by atoms with E-state index in [0.29, 0.717) is 22.1 Å². The Hall–Kier alpha value is -3.03. The van der Waals surface area contributed by atoms with Crippen molar-refractivity contribution in [3.8, 4) is 11.3 Å². The highest BCUT2D eigenvalue weighted by Crippen LogP contribution is 2.28. The predicted octanol–water partition coefficient (Wildman–Crippen LogP) is 6.71. The van der Waals surface area contributed by atoms with Crippen molar-refractivity contribution >= 4 is 49.7 Å². The van der Waals surface area contributed by atoms with Gasteiger partial charge in [-0.1, -0.05) is 30.3 Å². The number of aromatic nitrogens is 1. The lowest BCUT2D eigenvalue weighted by Gasteiger charge is -2.07. The molecule has 3 aromatic carbocycles. The second-order valence-corrected chi connectivity index (χ2v) is 7.90. The van der Waals surface area contributed by atoms with E-state index >= 15 is 0 Å². The third-order valence-corrected chi connectivity index (χ3v) is 5.59. The molecule has 0 aliphatic rings. The van der Waals surface area contributed by atoms with Crippen molar-refractivity contribution in [1.29, 1.82) is 0 Å². The molecule has 0 fully saturated rings. The Balaban J connectivity index is 1.45. The summed E-state index contributed by atoms with van der Waals surface area (Å²) in [5, 5.41) is 8.59. The van der Waals surface area contributed by atoms with E-state index in [1.54, 1.807) is 18.2 Å². The number of rotatable bonds is 5. The molecule has 1 amide bonds. The van der Waals surface area contributed by atoms with Crippen LogP contribution in [0.5, 0.6) is 0 Å². The largest absolute Gasteiger partial charge is 0.331 e. The Morgan fingerprint density at radius 2 is 1.76 bits per heavy atom. The van der Waals surface area contributed by atoms with Crippen LogP contribution in [-0.4, -0.2) is 10.9 Å². The molecule has 4 aromatic rings. The summed E-state index contributed by atoms with van der Waals surface area (Å²) in [6, 6.07) is 21.0. The Morgan fingerprint density at radius 1 is 0.966 bits per heavy atom. The summed E-state index contributed by atoms with van der Waals surface area (Å²) in [7, 11) is 0. The molecule has 0 saturated carbocycles. The van der Waals surface area contributed by atoms with Crippen molar-refractivity contribution in [2.24, 2.45) is 0 Å². The SMILES string of the molecule is O=C(Nc1ccc(-c2csc(Nc3cccc(F)c3)n2)cc1)c1ccccc1Br. The zero-order valence-electron chi connectivity index (χ0n) is 15.0. The fraction of sp³-hybridized carbons (Fsp3) is 0. The molecule has 0 saturated heterocycles. The Morgan fingerprint density at radius 3 is 2.52 bits per heavy atom. The molecule has 29 heavy (non-hydrogen) atoms. The average Bonchev–Trinajstić information content (AvgIpc) is 3.17. The molecule has 7 heteroatoms.